The lowest BCUT2D eigenvalue weighted by atomic mass is 10.1. The molecule has 0 aliphatic heterocycles. The zero-order valence-corrected chi connectivity index (χ0v) is 9.52. The molecule has 1 nitrogen and oxygen atoms in total. The van der Waals surface area contributed by atoms with Crippen molar-refractivity contribution in [1.29, 1.82) is 0 Å². The molecule has 1 saturated carbocycles. The molecule has 1 N–H and O–H groups in total. The first-order valence-corrected chi connectivity index (χ1v) is 6.50. The molecule has 15 heavy (non-hydrogen) atoms. The molecule has 0 spiro atoms. The van der Waals surface area contributed by atoms with Crippen molar-refractivity contribution in [2.45, 2.75) is 25.3 Å². The summed E-state index contributed by atoms with van der Waals surface area (Å²) >= 11 is 1.86. The van der Waals surface area contributed by atoms with E-state index in [0.29, 0.717) is 0 Å². The van der Waals surface area contributed by atoms with E-state index in [4.69, 9.17) is 0 Å². The van der Waals surface area contributed by atoms with Crippen molar-refractivity contribution < 1.29 is 0 Å². The highest BCUT2D eigenvalue weighted by molar-refractivity contribution is 7.17. The average Bonchev–Trinajstić information content (AvgIpc) is 2.95. The van der Waals surface area contributed by atoms with Crippen LogP contribution in [-0.4, -0.2) is 12.6 Å². The van der Waals surface area contributed by atoms with Gasteiger partial charge in [0.2, 0.25) is 0 Å². The number of hydrogen-bond acceptors (Lipinski definition) is 2. The molecular formula is C13H15NS. The maximum absolute atomic E-state index is 3.57. The molecule has 2 aromatic rings. The third kappa shape index (κ3) is 2.06. The fourth-order valence-electron chi connectivity index (χ4n) is 1.95. The SMILES string of the molecule is c1cc(CCNC2CC2)c2sccc2c1. The Morgan fingerprint density at radius 1 is 1.27 bits per heavy atom. The standard InChI is InChI=1S/C13H15NS/c1-2-10(6-8-14-12-4-5-12)13-11(3-1)7-9-15-13/h1-3,7,9,12,14H,4-6,8H2. The molecular weight excluding hydrogens is 202 g/mol. The minimum atomic E-state index is 0.826. The summed E-state index contributed by atoms with van der Waals surface area (Å²) in [5.74, 6) is 0. The van der Waals surface area contributed by atoms with Crippen molar-refractivity contribution in [1.82, 2.24) is 5.32 Å². The quantitative estimate of drug-likeness (QED) is 0.829. The zero-order valence-electron chi connectivity index (χ0n) is 8.70. The van der Waals surface area contributed by atoms with Crippen molar-refractivity contribution in [3.8, 4) is 0 Å². The minimum absolute atomic E-state index is 0.826. The molecule has 0 radical (unpaired) electrons. The maximum Gasteiger partial charge on any atom is 0.0375 e. The van der Waals surface area contributed by atoms with Gasteiger partial charge in [0.25, 0.3) is 0 Å². The maximum atomic E-state index is 3.57. The van der Waals surface area contributed by atoms with E-state index < -0.39 is 0 Å². The lowest BCUT2D eigenvalue weighted by molar-refractivity contribution is 0.684. The normalized spacial score (nSPS) is 16.0. The van der Waals surface area contributed by atoms with Gasteiger partial charge in [0.15, 0.2) is 0 Å². The summed E-state index contributed by atoms with van der Waals surface area (Å²) in [6.07, 6.45) is 3.92. The third-order valence-electron chi connectivity index (χ3n) is 2.97. The topological polar surface area (TPSA) is 12.0 Å². The number of rotatable bonds is 4. The lowest BCUT2D eigenvalue weighted by Gasteiger charge is -2.04. The average molecular weight is 217 g/mol. The van der Waals surface area contributed by atoms with E-state index in [1.54, 1.807) is 0 Å². The molecule has 1 aliphatic rings. The Hall–Kier alpha value is -0.860. The van der Waals surface area contributed by atoms with Crippen molar-refractivity contribution in [3.05, 3.63) is 35.2 Å². The fraction of sp³-hybridized carbons (Fsp3) is 0.385. The lowest BCUT2D eigenvalue weighted by Crippen LogP contribution is -2.19. The number of benzene rings is 1. The number of hydrogen-bond donors (Lipinski definition) is 1. The predicted octanol–water partition coefficient (Wildman–Crippen LogP) is 3.20. The molecule has 0 bridgehead atoms. The molecule has 0 unspecified atom stereocenters. The zero-order chi connectivity index (χ0) is 10.1. The molecule has 0 amide bonds. The van der Waals surface area contributed by atoms with Crippen LogP contribution in [0.5, 0.6) is 0 Å². The summed E-state index contributed by atoms with van der Waals surface area (Å²) in [4.78, 5) is 0. The van der Waals surface area contributed by atoms with Crippen molar-refractivity contribution in [3.63, 3.8) is 0 Å². The third-order valence-corrected chi connectivity index (χ3v) is 3.97. The molecule has 0 saturated heterocycles. The second-order valence-electron chi connectivity index (χ2n) is 4.23. The molecule has 78 valence electrons. The molecule has 1 aromatic carbocycles. The van der Waals surface area contributed by atoms with Gasteiger partial charge >= 0.3 is 0 Å². The predicted molar refractivity (Wildman–Crippen MR) is 66.6 cm³/mol. The van der Waals surface area contributed by atoms with Crippen LogP contribution < -0.4 is 5.32 Å². The van der Waals surface area contributed by atoms with E-state index in [0.717, 1.165) is 19.0 Å². The molecule has 1 heterocycles. The summed E-state index contributed by atoms with van der Waals surface area (Å²) in [6.45, 7) is 1.13. The van der Waals surface area contributed by atoms with Gasteiger partial charge < -0.3 is 5.32 Å². The Morgan fingerprint density at radius 2 is 2.20 bits per heavy atom. The van der Waals surface area contributed by atoms with Gasteiger partial charge in [-0.25, -0.2) is 0 Å². The molecule has 1 aromatic heterocycles. The van der Waals surface area contributed by atoms with Gasteiger partial charge in [-0.1, -0.05) is 18.2 Å². The Bertz CT molecular complexity index is 456. The summed E-state index contributed by atoms with van der Waals surface area (Å²) in [7, 11) is 0. The number of nitrogens with one attached hydrogen (secondary N) is 1. The summed E-state index contributed by atoms with van der Waals surface area (Å²) < 4.78 is 1.47. The van der Waals surface area contributed by atoms with Crippen LogP contribution in [0.1, 0.15) is 18.4 Å². The summed E-state index contributed by atoms with van der Waals surface area (Å²) in [5.41, 5.74) is 1.50. The highest BCUT2D eigenvalue weighted by atomic mass is 32.1. The summed E-state index contributed by atoms with van der Waals surface area (Å²) in [6, 6.07) is 9.66. The van der Waals surface area contributed by atoms with E-state index >= 15 is 0 Å². The van der Waals surface area contributed by atoms with Crippen molar-refractivity contribution in [2.24, 2.45) is 0 Å². The van der Waals surface area contributed by atoms with Gasteiger partial charge in [-0.15, -0.1) is 11.3 Å². The second-order valence-corrected chi connectivity index (χ2v) is 5.15. The second kappa shape index (κ2) is 3.95. The van der Waals surface area contributed by atoms with Gasteiger partial charge in [0, 0.05) is 10.7 Å². The molecule has 0 atom stereocenters. The highest BCUT2D eigenvalue weighted by Crippen LogP contribution is 2.25. The van der Waals surface area contributed by atoms with Crippen LogP contribution in [0.4, 0.5) is 0 Å². The monoisotopic (exact) mass is 217 g/mol. The van der Waals surface area contributed by atoms with Crippen LogP contribution in [0, 0.1) is 0 Å². The molecule has 1 aliphatic carbocycles. The van der Waals surface area contributed by atoms with Crippen LogP contribution >= 0.6 is 11.3 Å². The molecule has 1 fully saturated rings. The first-order valence-electron chi connectivity index (χ1n) is 5.62. The molecule has 2 heteroatoms. The Balaban J connectivity index is 1.74. The van der Waals surface area contributed by atoms with Crippen LogP contribution in [0.3, 0.4) is 0 Å². The Labute approximate surface area is 94.1 Å². The van der Waals surface area contributed by atoms with Crippen LogP contribution in [0.2, 0.25) is 0 Å². The molecule has 3 rings (SSSR count). The van der Waals surface area contributed by atoms with Crippen molar-refractivity contribution >= 4 is 21.4 Å². The Morgan fingerprint density at radius 3 is 3.07 bits per heavy atom. The first-order chi connectivity index (χ1) is 7.43. The van der Waals surface area contributed by atoms with Crippen LogP contribution in [0.25, 0.3) is 10.1 Å². The number of fused-ring (bicyclic) bond motifs is 1. The summed E-state index contributed by atoms with van der Waals surface area (Å²) in [5, 5.41) is 7.14. The van der Waals surface area contributed by atoms with Gasteiger partial charge in [-0.05, 0) is 48.2 Å². The van der Waals surface area contributed by atoms with Crippen molar-refractivity contribution in [2.75, 3.05) is 6.54 Å². The minimum Gasteiger partial charge on any atom is -0.314 e. The van der Waals surface area contributed by atoms with E-state index in [-0.39, 0.29) is 0 Å². The largest absolute Gasteiger partial charge is 0.314 e. The van der Waals surface area contributed by atoms with Gasteiger partial charge in [0.05, 0.1) is 0 Å². The smallest absolute Gasteiger partial charge is 0.0375 e. The van der Waals surface area contributed by atoms with Gasteiger partial charge in [-0.3, -0.25) is 0 Å². The first kappa shape index (κ1) is 9.37. The fourth-order valence-corrected chi connectivity index (χ4v) is 2.89. The van der Waals surface area contributed by atoms with E-state index in [1.165, 1.54) is 28.5 Å². The Kier molecular flexibility index (Phi) is 2.47. The van der Waals surface area contributed by atoms with E-state index in [2.05, 4.69) is 35.0 Å². The highest BCUT2D eigenvalue weighted by Gasteiger charge is 2.19. The van der Waals surface area contributed by atoms with E-state index in [1.807, 2.05) is 11.3 Å². The van der Waals surface area contributed by atoms with E-state index in [9.17, 15) is 0 Å². The van der Waals surface area contributed by atoms with Crippen LogP contribution in [0.15, 0.2) is 29.6 Å². The number of thiophene rings is 1. The van der Waals surface area contributed by atoms with Gasteiger partial charge in [0.1, 0.15) is 0 Å². The van der Waals surface area contributed by atoms with Crippen LogP contribution in [-0.2, 0) is 6.42 Å². The van der Waals surface area contributed by atoms with Gasteiger partial charge in [-0.2, -0.15) is 0 Å².